The van der Waals surface area contributed by atoms with Crippen LogP contribution in [0.3, 0.4) is 0 Å². The van der Waals surface area contributed by atoms with E-state index in [2.05, 4.69) is 0 Å². The van der Waals surface area contributed by atoms with Crippen LogP contribution in [0.25, 0.3) is 6.08 Å². The van der Waals surface area contributed by atoms with E-state index in [-0.39, 0.29) is 5.97 Å². The molecule has 0 saturated carbocycles. The lowest BCUT2D eigenvalue weighted by Crippen LogP contribution is -2.07. The lowest BCUT2D eigenvalue weighted by Gasteiger charge is -2.10. The van der Waals surface area contributed by atoms with Crippen LogP contribution in [-0.2, 0) is 14.1 Å². The van der Waals surface area contributed by atoms with E-state index in [0.717, 1.165) is 10.9 Å². The van der Waals surface area contributed by atoms with Gasteiger partial charge in [0.15, 0.2) is 0 Å². The lowest BCUT2D eigenvalue weighted by molar-refractivity contribution is -0.137. The molecule has 0 fully saturated rings. The molecule has 0 aromatic heterocycles. The Bertz CT molecular complexity index is 471. The van der Waals surface area contributed by atoms with Crippen LogP contribution < -0.4 is 5.30 Å². The fourth-order valence-electron chi connectivity index (χ4n) is 1.47. The number of benzene rings is 1. The zero-order chi connectivity index (χ0) is 12.9. The Morgan fingerprint density at radius 3 is 2.59 bits per heavy atom. The third kappa shape index (κ3) is 4.20. The molecule has 0 atom stereocenters. The largest absolute Gasteiger partial charge is 0.463 e. The number of carbonyl (C=O) groups excluding carboxylic acids is 1. The van der Waals surface area contributed by atoms with Gasteiger partial charge >= 0.3 is 5.97 Å². The molecular formula is C13H17O3P. The van der Waals surface area contributed by atoms with Crippen LogP contribution in [0.4, 0.5) is 0 Å². The maximum absolute atomic E-state index is 12.1. The summed E-state index contributed by atoms with van der Waals surface area (Å²) in [6, 6.07) is 7.36. The van der Waals surface area contributed by atoms with Gasteiger partial charge in [-0.05, 0) is 31.9 Å². The molecule has 92 valence electrons. The van der Waals surface area contributed by atoms with E-state index in [1.807, 2.05) is 24.3 Å². The first-order valence-corrected chi connectivity index (χ1v) is 8.04. The van der Waals surface area contributed by atoms with Crippen molar-refractivity contribution in [2.45, 2.75) is 6.92 Å². The summed E-state index contributed by atoms with van der Waals surface area (Å²) in [5.74, 6) is -0.385. The predicted molar refractivity (Wildman–Crippen MR) is 71.2 cm³/mol. The van der Waals surface area contributed by atoms with E-state index in [0.29, 0.717) is 6.61 Å². The molecule has 0 aliphatic heterocycles. The molecular weight excluding hydrogens is 235 g/mol. The Kier molecular flexibility index (Phi) is 4.71. The molecule has 0 aliphatic rings. The van der Waals surface area contributed by atoms with Gasteiger partial charge in [0.2, 0.25) is 0 Å². The second-order valence-corrected chi connectivity index (χ2v) is 7.18. The monoisotopic (exact) mass is 252 g/mol. The zero-order valence-electron chi connectivity index (χ0n) is 10.3. The van der Waals surface area contributed by atoms with E-state index in [9.17, 15) is 9.36 Å². The molecule has 0 saturated heterocycles. The molecule has 3 nitrogen and oxygen atoms in total. The van der Waals surface area contributed by atoms with Gasteiger partial charge in [0.1, 0.15) is 7.14 Å². The summed E-state index contributed by atoms with van der Waals surface area (Å²) < 4.78 is 16.9. The minimum atomic E-state index is -2.33. The molecule has 1 aromatic carbocycles. The van der Waals surface area contributed by atoms with Gasteiger partial charge in [-0.15, -0.1) is 0 Å². The molecule has 0 N–H and O–H groups in total. The van der Waals surface area contributed by atoms with Gasteiger partial charge in [-0.2, -0.15) is 0 Å². The van der Waals surface area contributed by atoms with Crippen LogP contribution in [-0.4, -0.2) is 25.9 Å². The first-order chi connectivity index (χ1) is 7.95. The van der Waals surface area contributed by atoms with Crippen molar-refractivity contribution in [2.75, 3.05) is 19.9 Å². The van der Waals surface area contributed by atoms with E-state index in [4.69, 9.17) is 4.74 Å². The van der Waals surface area contributed by atoms with Crippen LogP contribution in [0.5, 0.6) is 0 Å². The van der Waals surface area contributed by atoms with Gasteiger partial charge in [0.05, 0.1) is 6.61 Å². The highest BCUT2D eigenvalue weighted by Crippen LogP contribution is 2.36. The van der Waals surface area contributed by atoms with Gasteiger partial charge in [-0.1, -0.05) is 24.3 Å². The van der Waals surface area contributed by atoms with E-state index < -0.39 is 7.14 Å². The first kappa shape index (κ1) is 13.7. The third-order valence-electron chi connectivity index (χ3n) is 2.20. The van der Waals surface area contributed by atoms with Crippen LogP contribution in [0.15, 0.2) is 30.3 Å². The maximum Gasteiger partial charge on any atom is 0.330 e. The van der Waals surface area contributed by atoms with Crippen molar-refractivity contribution in [3.63, 3.8) is 0 Å². The van der Waals surface area contributed by atoms with Crippen molar-refractivity contribution in [3.8, 4) is 0 Å². The molecule has 0 amide bonds. The Morgan fingerprint density at radius 2 is 2.00 bits per heavy atom. The van der Waals surface area contributed by atoms with Crippen LogP contribution in [0, 0.1) is 0 Å². The second-order valence-electron chi connectivity index (χ2n) is 4.00. The molecule has 1 aromatic rings. The summed E-state index contributed by atoms with van der Waals surface area (Å²) in [6.45, 7) is 5.53. The SMILES string of the molecule is CCOC(=O)/C=C/c1ccccc1P(C)(C)=O. The molecule has 0 radical (unpaired) electrons. The van der Waals surface area contributed by atoms with Crippen LogP contribution in [0.2, 0.25) is 0 Å². The highest BCUT2D eigenvalue weighted by atomic mass is 31.2. The smallest absolute Gasteiger partial charge is 0.330 e. The fourth-order valence-corrected chi connectivity index (χ4v) is 2.68. The Morgan fingerprint density at radius 1 is 1.35 bits per heavy atom. The molecule has 4 heteroatoms. The van der Waals surface area contributed by atoms with Gasteiger partial charge in [0.25, 0.3) is 0 Å². The minimum absolute atomic E-state index is 0.352. The van der Waals surface area contributed by atoms with Crippen molar-refractivity contribution in [1.29, 1.82) is 0 Å². The van der Waals surface area contributed by atoms with Gasteiger partial charge < -0.3 is 9.30 Å². The summed E-state index contributed by atoms with van der Waals surface area (Å²) in [7, 11) is -2.33. The maximum atomic E-state index is 12.1. The number of ether oxygens (including phenoxy) is 1. The van der Waals surface area contributed by atoms with E-state index >= 15 is 0 Å². The lowest BCUT2D eigenvalue weighted by atomic mass is 10.2. The molecule has 0 aliphatic carbocycles. The molecule has 1 rings (SSSR count). The highest BCUT2D eigenvalue weighted by Gasteiger charge is 2.13. The van der Waals surface area contributed by atoms with Crippen LogP contribution >= 0.6 is 7.14 Å². The topological polar surface area (TPSA) is 43.4 Å². The van der Waals surface area contributed by atoms with Crippen molar-refractivity contribution >= 4 is 24.5 Å². The van der Waals surface area contributed by atoms with Crippen molar-refractivity contribution in [3.05, 3.63) is 35.9 Å². The number of rotatable bonds is 4. The first-order valence-electron chi connectivity index (χ1n) is 5.44. The predicted octanol–water partition coefficient (Wildman–Crippen LogP) is 2.51. The normalized spacial score (nSPS) is 11.7. The van der Waals surface area contributed by atoms with E-state index in [1.165, 1.54) is 6.08 Å². The van der Waals surface area contributed by atoms with Crippen molar-refractivity contribution in [2.24, 2.45) is 0 Å². The minimum Gasteiger partial charge on any atom is -0.463 e. The van der Waals surface area contributed by atoms with Gasteiger partial charge in [-0.25, -0.2) is 4.79 Å². The quantitative estimate of drug-likeness (QED) is 0.470. The number of hydrogen-bond acceptors (Lipinski definition) is 3. The van der Waals surface area contributed by atoms with E-state index in [1.54, 1.807) is 26.3 Å². The average molecular weight is 252 g/mol. The highest BCUT2D eigenvalue weighted by molar-refractivity contribution is 7.70. The van der Waals surface area contributed by atoms with Crippen LogP contribution in [0.1, 0.15) is 12.5 Å². The average Bonchev–Trinajstić information content (AvgIpc) is 2.26. The van der Waals surface area contributed by atoms with Crippen molar-refractivity contribution in [1.82, 2.24) is 0 Å². The second kappa shape index (κ2) is 5.83. The number of hydrogen-bond donors (Lipinski definition) is 0. The molecule has 0 unspecified atom stereocenters. The number of carbonyl (C=O) groups is 1. The van der Waals surface area contributed by atoms with Crippen molar-refractivity contribution < 1.29 is 14.1 Å². The van der Waals surface area contributed by atoms with Gasteiger partial charge in [-0.3, -0.25) is 0 Å². The zero-order valence-corrected chi connectivity index (χ0v) is 11.2. The Labute approximate surface area is 102 Å². The molecule has 0 bridgehead atoms. The standard InChI is InChI=1S/C13H17O3P/c1-4-16-13(14)10-9-11-7-5-6-8-12(11)17(2,3)15/h5-10H,4H2,1-3H3/b10-9+. The Balaban J connectivity index is 3.00. The van der Waals surface area contributed by atoms with Gasteiger partial charge in [0, 0.05) is 11.4 Å². The third-order valence-corrected chi connectivity index (χ3v) is 3.77. The fraction of sp³-hybridized carbons (Fsp3) is 0.308. The molecule has 0 spiro atoms. The molecule has 17 heavy (non-hydrogen) atoms. The summed E-state index contributed by atoms with van der Waals surface area (Å²) in [6.07, 6.45) is 3.00. The summed E-state index contributed by atoms with van der Waals surface area (Å²) in [4.78, 5) is 11.2. The summed E-state index contributed by atoms with van der Waals surface area (Å²) in [5.41, 5.74) is 0.800. The Hall–Kier alpha value is -1.34. The summed E-state index contributed by atoms with van der Waals surface area (Å²) in [5, 5.41) is 0.778. The molecule has 0 heterocycles. The summed E-state index contributed by atoms with van der Waals surface area (Å²) >= 11 is 0. The number of esters is 1.